The third-order valence-corrected chi connectivity index (χ3v) is 3.40. The van der Waals surface area contributed by atoms with Gasteiger partial charge in [0.05, 0.1) is 25.7 Å². The van der Waals surface area contributed by atoms with Crippen molar-refractivity contribution < 1.29 is 26.4 Å². The van der Waals surface area contributed by atoms with Crippen LogP contribution < -0.4 is 4.74 Å². The number of hydrogen-bond donors (Lipinski definition) is 0. The second-order valence-corrected chi connectivity index (χ2v) is 5.41. The average molecular weight is 364 g/mol. The Morgan fingerprint density at radius 2 is 1.35 bits per heavy atom. The van der Waals surface area contributed by atoms with Gasteiger partial charge in [0.2, 0.25) is 0 Å². The lowest BCUT2D eigenvalue weighted by Crippen LogP contribution is -2.02. The van der Waals surface area contributed by atoms with Crippen LogP contribution in [-0.4, -0.2) is 14.4 Å². The van der Waals surface area contributed by atoms with Crippen LogP contribution >= 0.6 is 0 Å². The lowest BCUT2D eigenvalue weighted by atomic mass is 10.0. The highest BCUT2D eigenvalue weighted by atomic mass is 19.5. The molecular formula is C19H17BF4O2. The van der Waals surface area contributed by atoms with Gasteiger partial charge in [0.15, 0.2) is 0 Å². The van der Waals surface area contributed by atoms with Gasteiger partial charge in [-0.2, -0.15) is 0 Å². The van der Waals surface area contributed by atoms with Crippen molar-refractivity contribution in [2.75, 3.05) is 7.11 Å². The first kappa shape index (κ1) is 19.5. The fraction of sp³-hybridized carbons (Fsp3) is 0.105. The number of ether oxygens (including phenoxy) is 1. The number of benzene rings is 2. The molecule has 0 unspecified atom stereocenters. The molecule has 2 nitrogen and oxygen atoms in total. The monoisotopic (exact) mass is 364 g/mol. The molecule has 0 radical (unpaired) electrons. The smallest absolute Gasteiger partial charge is 0.497 e. The molecule has 1 aromatic heterocycles. The highest BCUT2D eigenvalue weighted by Crippen LogP contribution is 2.29. The van der Waals surface area contributed by atoms with Crippen molar-refractivity contribution in [1.82, 2.24) is 0 Å². The molecule has 0 aliphatic rings. The van der Waals surface area contributed by atoms with E-state index in [1.165, 1.54) is 0 Å². The number of hydrogen-bond acceptors (Lipinski definition) is 1. The summed E-state index contributed by atoms with van der Waals surface area (Å²) in [4.78, 5) is 0. The Morgan fingerprint density at radius 3 is 1.88 bits per heavy atom. The van der Waals surface area contributed by atoms with Crippen LogP contribution in [0.5, 0.6) is 5.75 Å². The Hall–Kier alpha value is -2.83. The molecule has 0 aliphatic heterocycles. The van der Waals surface area contributed by atoms with Crippen LogP contribution in [0.1, 0.15) is 5.76 Å². The maximum atomic E-state index is 9.75. The summed E-state index contributed by atoms with van der Waals surface area (Å²) >= 11 is 0. The van der Waals surface area contributed by atoms with E-state index in [4.69, 9.17) is 9.15 Å². The van der Waals surface area contributed by atoms with E-state index in [-0.39, 0.29) is 0 Å². The van der Waals surface area contributed by atoms with Gasteiger partial charge in [0, 0.05) is 11.6 Å². The first-order valence-electron chi connectivity index (χ1n) is 7.78. The first-order valence-corrected chi connectivity index (χ1v) is 7.78. The minimum atomic E-state index is -6.00. The van der Waals surface area contributed by atoms with Crippen LogP contribution in [0.3, 0.4) is 0 Å². The van der Waals surface area contributed by atoms with Crippen molar-refractivity contribution in [2.45, 2.75) is 6.92 Å². The molecule has 0 bridgehead atoms. The Bertz CT molecular complexity index is 828. The quantitative estimate of drug-likeness (QED) is 0.300. The number of rotatable bonds is 3. The van der Waals surface area contributed by atoms with E-state index in [1.54, 1.807) is 7.11 Å². The summed E-state index contributed by atoms with van der Waals surface area (Å²) in [5, 5.41) is 0. The lowest BCUT2D eigenvalue weighted by molar-refractivity contribution is 0.368. The van der Waals surface area contributed by atoms with Gasteiger partial charge in [-0.3, -0.25) is 0 Å². The molecule has 26 heavy (non-hydrogen) atoms. The summed E-state index contributed by atoms with van der Waals surface area (Å²) in [6.07, 6.45) is 0. The van der Waals surface area contributed by atoms with E-state index >= 15 is 0 Å². The number of halogens is 4. The normalized spacial score (nSPS) is 10.7. The van der Waals surface area contributed by atoms with Gasteiger partial charge < -0.3 is 22.0 Å². The summed E-state index contributed by atoms with van der Waals surface area (Å²) in [6, 6.07) is 22.3. The van der Waals surface area contributed by atoms with Crippen molar-refractivity contribution in [1.29, 1.82) is 0 Å². The van der Waals surface area contributed by atoms with Crippen LogP contribution in [0.25, 0.3) is 22.5 Å². The summed E-state index contributed by atoms with van der Waals surface area (Å²) in [7, 11) is -4.33. The van der Waals surface area contributed by atoms with Crippen LogP contribution in [0.15, 0.2) is 71.1 Å². The van der Waals surface area contributed by atoms with Gasteiger partial charge >= 0.3 is 18.8 Å². The van der Waals surface area contributed by atoms with Crippen LogP contribution in [0.2, 0.25) is 0 Å². The highest BCUT2D eigenvalue weighted by Gasteiger charge is 2.20. The van der Waals surface area contributed by atoms with Crippen LogP contribution in [-0.2, 0) is 0 Å². The minimum Gasteiger partial charge on any atom is -0.497 e. The van der Waals surface area contributed by atoms with Gasteiger partial charge in [-0.1, -0.05) is 30.3 Å². The molecule has 1 heterocycles. The zero-order valence-electron chi connectivity index (χ0n) is 14.3. The molecule has 0 atom stereocenters. The van der Waals surface area contributed by atoms with Crippen molar-refractivity contribution in [3.05, 3.63) is 72.5 Å². The van der Waals surface area contributed by atoms with Gasteiger partial charge in [-0.25, -0.2) is 4.42 Å². The summed E-state index contributed by atoms with van der Waals surface area (Å²) in [5.41, 5.74) is 3.36. The zero-order chi connectivity index (χ0) is 19.2. The average Bonchev–Trinajstić information content (AvgIpc) is 2.61. The molecule has 0 N–H and O–H groups in total. The van der Waals surface area contributed by atoms with Crippen molar-refractivity contribution in [3.8, 4) is 28.2 Å². The lowest BCUT2D eigenvalue weighted by Gasteiger charge is -2.03. The third kappa shape index (κ3) is 6.24. The molecule has 7 heteroatoms. The molecule has 0 fully saturated rings. The maximum absolute atomic E-state index is 9.75. The van der Waals surface area contributed by atoms with E-state index in [2.05, 4.69) is 30.3 Å². The van der Waals surface area contributed by atoms with Crippen molar-refractivity contribution in [2.24, 2.45) is 0 Å². The molecule has 0 saturated carbocycles. The SMILES string of the molecule is COc1ccc(-c2cc(C)[o+]c(-c3ccccc3)c2)cc1.F[B-](F)(F)F. The molecular weight excluding hydrogens is 347 g/mol. The van der Waals surface area contributed by atoms with E-state index in [9.17, 15) is 17.3 Å². The maximum Gasteiger partial charge on any atom is 0.673 e. The summed E-state index contributed by atoms with van der Waals surface area (Å²) in [5.74, 6) is 2.63. The fourth-order valence-corrected chi connectivity index (χ4v) is 2.33. The second kappa shape index (κ2) is 8.51. The molecule has 2 aromatic carbocycles. The van der Waals surface area contributed by atoms with Crippen LogP contribution in [0.4, 0.5) is 17.3 Å². The summed E-state index contributed by atoms with van der Waals surface area (Å²) in [6.45, 7) is 1.97. The molecule has 0 saturated heterocycles. The first-order chi connectivity index (χ1) is 12.3. The van der Waals surface area contributed by atoms with E-state index in [0.29, 0.717) is 0 Å². The van der Waals surface area contributed by atoms with Gasteiger partial charge in [-0.15, -0.1) is 0 Å². The van der Waals surface area contributed by atoms with Gasteiger partial charge in [-0.05, 0) is 29.8 Å². The van der Waals surface area contributed by atoms with Gasteiger partial charge in [0.25, 0.3) is 0 Å². The largest absolute Gasteiger partial charge is 0.673 e. The molecule has 0 spiro atoms. The van der Waals surface area contributed by atoms with Crippen molar-refractivity contribution in [3.63, 3.8) is 0 Å². The Kier molecular flexibility index (Phi) is 6.38. The predicted octanol–water partition coefficient (Wildman–Crippen LogP) is 6.51. The zero-order valence-corrected chi connectivity index (χ0v) is 14.3. The van der Waals surface area contributed by atoms with E-state index in [0.717, 1.165) is 34.0 Å². The Labute approximate surface area is 149 Å². The second-order valence-electron chi connectivity index (χ2n) is 5.41. The predicted molar refractivity (Wildman–Crippen MR) is 95.5 cm³/mol. The molecule has 136 valence electrons. The molecule has 3 rings (SSSR count). The topological polar surface area (TPSA) is 20.5 Å². The standard InChI is InChI=1S/C19H17O2.BF4/c1-14-12-17(15-8-10-18(20-2)11-9-15)13-19(21-14)16-6-4-3-5-7-16;2-1(3,4)5/h3-13H,1-2H3;/q+1;-1. The fourth-order valence-electron chi connectivity index (χ4n) is 2.33. The molecule has 0 aliphatic carbocycles. The third-order valence-electron chi connectivity index (χ3n) is 3.40. The van der Waals surface area contributed by atoms with E-state index < -0.39 is 7.25 Å². The highest BCUT2D eigenvalue weighted by molar-refractivity contribution is 6.50. The minimum absolute atomic E-state index is 0.861. The number of aryl methyl sites for hydroxylation is 1. The molecule has 3 aromatic rings. The molecule has 0 amide bonds. The van der Waals surface area contributed by atoms with Crippen LogP contribution in [0, 0.1) is 6.92 Å². The van der Waals surface area contributed by atoms with Crippen molar-refractivity contribution >= 4 is 7.25 Å². The van der Waals surface area contributed by atoms with E-state index in [1.807, 2.05) is 43.3 Å². The van der Waals surface area contributed by atoms with Gasteiger partial charge in [0.1, 0.15) is 5.75 Å². The Morgan fingerprint density at radius 1 is 0.769 bits per heavy atom. The summed E-state index contributed by atoms with van der Waals surface area (Å²) < 4.78 is 50.0. The number of methoxy groups -OCH3 is 1. The Balaban J connectivity index is 0.000000431.